The standard InChI is InChI=1S/C10H15ClN4O/c1-16-7-4-2-3-6(7)15-10-8(12)9(11)13-5-14-10/h5-7H,2-4,12H2,1H3,(H,13,14,15). The van der Waals surface area contributed by atoms with Crippen molar-refractivity contribution < 1.29 is 4.74 Å². The van der Waals surface area contributed by atoms with Crippen molar-refractivity contribution >= 4 is 23.1 Å². The Labute approximate surface area is 99.4 Å². The lowest BCUT2D eigenvalue weighted by Gasteiger charge is -2.20. The number of aromatic nitrogens is 2. The fourth-order valence-electron chi connectivity index (χ4n) is 2.04. The minimum atomic E-state index is 0.216. The number of hydrogen-bond donors (Lipinski definition) is 2. The molecule has 0 amide bonds. The van der Waals surface area contributed by atoms with Crippen molar-refractivity contribution in [2.24, 2.45) is 0 Å². The van der Waals surface area contributed by atoms with Crippen molar-refractivity contribution in [3.8, 4) is 0 Å². The van der Waals surface area contributed by atoms with Crippen LogP contribution in [0.2, 0.25) is 5.15 Å². The molecule has 0 aliphatic heterocycles. The third-order valence-electron chi connectivity index (χ3n) is 2.91. The summed E-state index contributed by atoms with van der Waals surface area (Å²) >= 11 is 5.82. The molecule has 1 fully saturated rings. The summed E-state index contributed by atoms with van der Waals surface area (Å²) < 4.78 is 5.39. The Kier molecular flexibility index (Phi) is 3.46. The summed E-state index contributed by atoms with van der Waals surface area (Å²) in [5.74, 6) is 0.592. The van der Waals surface area contributed by atoms with E-state index in [1.54, 1.807) is 7.11 Å². The third-order valence-corrected chi connectivity index (χ3v) is 3.21. The SMILES string of the molecule is COC1CCCC1Nc1ncnc(Cl)c1N. The van der Waals surface area contributed by atoms with Gasteiger partial charge >= 0.3 is 0 Å². The van der Waals surface area contributed by atoms with Gasteiger partial charge in [-0.1, -0.05) is 11.6 Å². The minimum absolute atomic E-state index is 0.216. The summed E-state index contributed by atoms with van der Waals surface area (Å²) in [5, 5.41) is 3.55. The molecule has 1 aliphatic rings. The molecule has 2 atom stereocenters. The maximum absolute atomic E-state index is 5.82. The topological polar surface area (TPSA) is 73.1 Å². The summed E-state index contributed by atoms with van der Waals surface area (Å²) in [6, 6.07) is 0.248. The van der Waals surface area contributed by atoms with Gasteiger partial charge in [0, 0.05) is 7.11 Å². The quantitative estimate of drug-likeness (QED) is 0.790. The first-order chi connectivity index (χ1) is 7.72. The number of nitrogens with one attached hydrogen (secondary N) is 1. The maximum Gasteiger partial charge on any atom is 0.157 e. The lowest BCUT2D eigenvalue weighted by molar-refractivity contribution is 0.101. The van der Waals surface area contributed by atoms with Gasteiger partial charge in [-0.3, -0.25) is 0 Å². The molecule has 1 aliphatic carbocycles. The first-order valence-electron chi connectivity index (χ1n) is 5.27. The van der Waals surface area contributed by atoms with Crippen molar-refractivity contribution in [2.45, 2.75) is 31.4 Å². The number of nitrogen functional groups attached to an aromatic ring is 1. The molecule has 0 spiro atoms. The molecule has 2 rings (SSSR count). The second-order valence-corrected chi connectivity index (χ2v) is 4.24. The first kappa shape index (κ1) is 11.4. The summed E-state index contributed by atoms with van der Waals surface area (Å²) in [6.45, 7) is 0. The molecular weight excluding hydrogens is 228 g/mol. The van der Waals surface area contributed by atoms with E-state index >= 15 is 0 Å². The summed E-state index contributed by atoms with van der Waals surface area (Å²) in [7, 11) is 1.72. The fourth-order valence-corrected chi connectivity index (χ4v) is 2.17. The molecule has 88 valence electrons. The maximum atomic E-state index is 5.82. The highest BCUT2D eigenvalue weighted by molar-refractivity contribution is 6.32. The first-order valence-corrected chi connectivity index (χ1v) is 5.65. The molecule has 0 saturated heterocycles. The van der Waals surface area contributed by atoms with Crippen LogP contribution in [0.25, 0.3) is 0 Å². The van der Waals surface area contributed by atoms with E-state index in [0.717, 1.165) is 19.3 Å². The molecule has 6 heteroatoms. The van der Waals surface area contributed by atoms with Crippen molar-refractivity contribution in [3.63, 3.8) is 0 Å². The van der Waals surface area contributed by atoms with Gasteiger partial charge < -0.3 is 15.8 Å². The molecular formula is C10H15ClN4O. The van der Waals surface area contributed by atoms with E-state index in [9.17, 15) is 0 Å². The molecule has 0 bridgehead atoms. The number of hydrogen-bond acceptors (Lipinski definition) is 5. The molecule has 0 radical (unpaired) electrons. The molecule has 1 aromatic heterocycles. The largest absolute Gasteiger partial charge is 0.393 e. The number of halogens is 1. The lowest BCUT2D eigenvalue weighted by atomic mass is 10.2. The normalized spacial score (nSPS) is 24.6. The van der Waals surface area contributed by atoms with Gasteiger partial charge in [0.05, 0.1) is 12.1 Å². The monoisotopic (exact) mass is 242 g/mol. The Morgan fingerprint density at radius 2 is 2.31 bits per heavy atom. The van der Waals surface area contributed by atoms with Crippen molar-refractivity contribution in [1.29, 1.82) is 0 Å². The fraction of sp³-hybridized carbons (Fsp3) is 0.600. The Hall–Kier alpha value is -1.07. The van der Waals surface area contributed by atoms with Crippen molar-refractivity contribution in [1.82, 2.24) is 9.97 Å². The number of rotatable bonds is 3. The Morgan fingerprint density at radius 3 is 3.06 bits per heavy atom. The van der Waals surface area contributed by atoms with Gasteiger partial charge in [0.25, 0.3) is 0 Å². The van der Waals surface area contributed by atoms with Crippen LogP contribution < -0.4 is 11.1 Å². The molecule has 0 aromatic carbocycles. The highest BCUT2D eigenvalue weighted by atomic mass is 35.5. The molecule has 1 saturated carbocycles. The number of methoxy groups -OCH3 is 1. The van der Waals surface area contributed by atoms with Crippen LogP contribution in [0.3, 0.4) is 0 Å². The van der Waals surface area contributed by atoms with Crippen LogP contribution in [0, 0.1) is 0 Å². The highest BCUT2D eigenvalue weighted by Crippen LogP contribution is 2.28. The summed E-state index contributed by atoms with van der Waals surface area (Å²) in [6.07, 6.45) is 4.88. The van der Waals surface area contributed by atoms with E-state index in [2.05, 4.69) is 15.3 Å². The van der Waals surface area contributed by atoms with E-state index in [-0.39, 0.29) is 17.3 Å². The van der Waals surface area contributed by atoms with Crippen LogP contribution >= 0.6 is 11.6 Å². The zero-order chi connectivity index (χ0) is 11.5. The third kappa shape index (κ3) is 2.20. The smallest absolute Gasteiger partial charge is 0.157 e. The van der Waals surface area contributed by atoms with Crippen LogP contribution in [0.15, 0.2) is 6.33 Å². The Balaban J connectivity index is 2.11. The average Bonchev–Trinajstić information content (AvgIpc) is 2.72. The van der Waals surface area contributed by atoms with E-state index in [1.807, 2.05) is 0 Å². The number of nitrogens with two attached hydrogens (primary N) is 1. The zero-order valence-corrected chi connectivity index (χ0v) is 9.87. The van der Waals surface area contributed by atoms with Crippen molar-refractivity contribution in [3.05, 3.63) is 11.5 Å². The average molecular weight is 243 g/mol. The highest BCUT2D eigenvalue weighted by Gasteiger charge is 2.27. The second-order valence-electron chi connectivity index (χ2n) is 3.88. The van der Waals surface area contributed by atoms with Crippen molar-refractivity contribution in [2.75, 3.05) is 18.2 Å². The number of anilines is 2. The lowest BCUT2D eigenvalue weighted by Crippen LogP contribution is -2.30. The van der Waals surface area contributed by atoms with E-state index in [1.165, 1.54) is 6.33 Å². The van der Waals surface area contributed by atoms with E-state index in [4.69, 9.17) is 22.1 Å². The van der Waals surface area contributed by atoms with E-state index < -0.39 is 0 Å². The van der Waals surface area contributed by atoms with Gasteiger partial charge in [0.2, 0.25) is 0 Å². The zero-order valence-electron chi connectivity index (χ0n) is 9.11. The minimum Gasteiger partial charge on any atom is -0.393 e. The van der Waals surface area contributed by atoms with Gasteiger partial charge in [-0.25, -0.2) is 9.97 Å². The molecule has 1 heterocycles. The molecule has 16 heavy (non-hydrogen) atoms. The second kappa shape index (κ2) is 4.84. The molecule has 2 unspecified atom stereocenters. The Bertz CT molecular complexity index is 374. The Morgan fingerprint density at radius 1 is 1.50 bits per heavy atom. The molecule has 1 aromatic rings. The van der Waals surface area contributed by atoms with Crippen LogP contribution in [-0.4, -0.2) is 29.2 Å². The van der Waals surface area contributed by atoms with Crippen LogP contribution in [-0.2, 0) is 4.74 Å². The van der Waals surface area contributed by atoms with Gasteiger partial charge in [0.1, 0.15) is 12.0 Å². The van der Waals surface area contributed by atoms with Crippen LogP contribution in [0.4, 0.5) is 11.5 Å². The van der Waals surface area contributed by atoms with Gasteiger partial charge in [-0.2, -0.15) is 0 Å². The van der Waals surface area contributed by atoms with Gasteiger partial charge in [0.15, 0.2) is 11.0 Å². The van der Waals surface area contributed by atoms with Gasteiger partial charge in [-0.15, -0.1) is 0 Å². The van der Waals surface area contributed by atoms with E-state index in [0.29, 0.717) is 11.5 Å². The molecule has 3 N–H and O–H groups in total. The van der Waals surface area contributed by atoms with Crippen LogP contribution in [0.1, 0.15) is 19.3 Å². The predicted octanol–water partition coefficient (Wildman–Crippen LogP) is 1.69. The number of nitrogens with zero attached hydrogens (tertiary/aromatic N) is 2. The van der Waals surface area contributed by atoms with Gasteiger partial charge in [-0.05, 0) is 19.3 Å². The van der Waals surface area contributed by atoms with Crippen LogP contribution in [0.5, 0.6) is 0 Å². The predicted molar refractivity (Wildman–Crippen MR) is 63.5 cm³/mol. The summed E-state index contributed by atoms with van der Waals surface area (Å²) in [4.78, 5) is 7.90. The molecule has 5 nitrogen and oxygen atoms in total. The summed E-state index contributed by atoms with van der Waals surface area (Å²) in [5.41, 5.74) is 6.18. The number of ether oxygens (including phenoxy) is 1.